The van der Waals surface area contributed by atoms with Crippen LogP contribution in [0.3, 0.4) is 0 Å². The summed E-state index contributed by atoms with van der Waals surface area (Å²) in [6, 6.07) is 7.82. The van der Waals surface area contributed by atoms with Gasteiger partial charge in [0.05, 0.1) is 21.5 Å². The van der Waals surface area contributed by atoms with Crippen LogP contribution in [0.1, 0.15) is 31.7 Å². The normalized spacial score (nSPS) is 21.2. The largest absolute Gasteiger partial charge is 0.383 e. The average Bonchev–Trinajstić information content (AvgIpc) is 3.56. The summed E-state index contributed by atoms with van der Waals surface area (Å²) in [6.07, 6.45) is 5.48. The fourth-order valence-electron chi connectivity index (χ4n) is 5.69. The first-order valence-corrected chi connectivity index (χ1v) is 15.9. The molecule has 1 saturated carbocycles. The number of anilines is 2. The molecule has 40 heavy (non-hydrogen) atoms. The van der Waals surface area contributed by atoms with Gasteiger partial charge in [-0.2, -0.15) is 5.10 Å². The monoisotopic (exact) mass is 604 g/mol. The summed E-state index contributed by atoms with van der Waals surface area (Å²) in [5.41, 5.74) is 7.63. The van der Waals surface area contributed by atoms with Crippen molar-refractivity contribution in [1.29, 1.82) is 0 Å². The smallest absolute Gasteiger partial charge is 0.271 e. The van der Waals surface area contributed by atoms with Crippen LogP contribution in [0.2, 0.25) is 4.34 Å². The maximum Gasteiger partial charge on any atom is 0.271 e. The van der Waals surface area contributed by atoms with Crippen molar-refractivity contribution in [3.63, 3.8) is 0 Å². The van der Waals surface area contributed by atoms with E-state index in [2.05, 4.69) is 31.5 Å². The number of piperazine rings is 1. The second-order valence-electron chi connectivity index (χ2n) is 10.4. The van der Waals surface area contributed by atoms with Gasteiger partial charge in [-0.1, -0.05) is 17.7 Å². The number of likely N-dealkylation sites (N-methyl/N-ethyl adjacent to an activating group) is 1. The molecular formula is C26H30ClFN8O2S2. The lowest BCUT2D eigenvalue weighted by Gasteiger charge is -2.41. The first kappa shape index (κ1) is 27.3. The number of nitrogens with one attached hydrogen (secondary N) is 1. The quantitative estimate of drug-likeness (QED) is 0.331. The number of hydrogen-bond acceptors (Lipinski definition) is 9. The number of thiophene rings is 1. The first-order chi connectivity index (χ1) is 19.2. The maximum absolute atomic E-state index is 15.2. The van der Waals surface area contributed by atoms with Crippen LogP contribution in [0.5, 0.6) is 0 Å². The lowest BCUT2D eigenvalue weighted by Crippen LogP contribution is -2.49. The van der Waals surface area contributed by atoms with Crippen molar-refractivity contribution < 1.29 is 12.8 Å². The van der Waals surface area contributed by atoms with Crippen molar-refractivity contribution in [3.05, 3.63) is 46.8 Å². The molecule has 212 valence electrons. The van der Waals surface area contributed by atoms with Crippen molar-refractivity contribution in [2.45, 2.75) is 42.0 Å². The van der Waals surface area contributed by atoms with E-state index in [1.807, 2.05) is 4.68 Å². The van der Waals surface area contributed by atoms with Gasteiger partial charge in [0.25, 0.3) is 10.0 Å². The number of fused-ring (bicyclic) bond motifs is 1. The van der Waals surface area contributed by atoms with Gasteiger partial charge in [0.1, 0.15) is 27.9 Å². The Bertz CT molecular complexity index is 1640. The Morgan fingerprint density at radius 2 is 1.77 bits per heavy atom. The molecule has 14 heteroatoms. The molecule has 3 aromatic heterocycles. The van der Waals surface area contributed by atoms with Crippen LogP contribution in [0, 0.1) is 5.82 Å². The molecule has 1 saturated heterocycles. The van der Waals surface area contributed by atoms with Crippen LogP contribution >= 0.6 is 22.9 Å². The second kappa shape index (κ2) is 10.9. The third kappa shape index (κ3) is 5.28. The maximum atomic E-state index is 15.2. The Kier molecular flexibility index (Phi) is 7.42. The van der Waals surface area contributed by atoms with E-state index in [0.29, 0.717) is 32.7 Å². The number of benzene rings is 1. The Morgan fingerprint density at radius 1 is 1.05 bits per heavy atom. The van der Waals surface area contributed by atoms with Crippen molar-refractivity contribution in [3.8, 4) is 11.3 Å². The summed E-state index contributed by atoms with van der Waals surface area (Å²) >= 11 is 6.77. The molecule has 2 aliphatic rings. The van der Waals surface area contributed by atoms with Gasteiger partial charge in [0.15, 0.2) is 5.65 Å². The zero-order valence-corrected chi connectivity index (χ0v) is 24.3. The van der Waals surface area contributed by atoms with E-state index < -0.39 is 15.8 Å². The lowest BCUT2D eigenvalue weighted by atomic mass is 9.90. The summed E-state index contributed by atoms with van der Waals surface area (Å²) < 4.78 is 45.1. The molecule has 6 rings (SSSR count). The molecule has 0 unspecified atom stereocenters. The number of hydrogen-bond donors (Lipinski definition) is 2. The molecule has 1 aliphatic heterocycles. The topological polar surface area (TPSA) is 122 Å². The molecule has 0 bridgehead atoms. The highest BCUT2D eigenvalue weighted by atomic mass is 35.5. The number of nitrogens with zero attached hydrogens (tertiary/aromatic N) is 6. The van der Waals surface area contributed by atoms with Crippen LogP contribution in [0.4, 0.5) is 15.9 Å². The SMILES string of the molecule is CN1CCN(C2CCC(n3nc(-c4ccc(NS(=O)(=O)c5ccc(Cl)s5)c(F)c4)c4c(N)ncnc43)CC2)CC1. The second-order valence-corrected chi connectivity index (χ2v) is 14.0. The van der Waals surface area contributed by atoms with Crippen molar-refractivity contribution in [1.82, 2.24) is 29.5 Å². The third-order valence-corrected chi connectivity index (χ3v) is 11.0. The van der Waals surface area contributed by atoms with E-state index >= 15 is 4.39 Å². The molecule has 0 atom stereocenters. The van der Waals surface area contributed by atoms with Gasteiger partial charge in [-0.25, -0.2) is 27.5 Å². The van der Waals surface area contributed by atoms with Gasteiger partial charge >= 0.3 is 0 Å². The minimum atomic E-state index is -3.98. The highest BCUT2D eigenvalue weighted by molar-refractivity contribution is 7.94. The Morgan fingerprint density at radius 3 is 2.45 bits per heavy atom. The average molecular weight is 605 g/mol. The third-order valence-electron chi connectivity index (χ3n) is 7.88. The van der Waals surface area contributed by atoms with E-state index in [0.717, 1.165) is 63.2 Å². The summed E-state index contributed by atoms with van der Waals surface area (Å²) in [5.74, 6) is -0.480. The van der Waals surface area contributed by atoms with E-state index in [4.69, 9.17) is 22.4 Å². The van der Waals surface area contributed by atoms with E-state index in [-0.39, 0.29) is 21.8 Å². The molecule has 1 aromatic carbocycles. The minimum absolute atomic E-state index is 0.00187. The summed E-state index contributed by atoms with van der Waals surface area (Å²) in [5, 5.41) is 5.44. The van der Waals surface area contributed by atoms with Crippen LogP contribution in [-0.4, -0.2) is 77.2 Å². The van der Waals surface area contributed by atoms with Crippen LogP contribution in [0.15, 0.2) is 40.9 Å². The van der Waals surface area contributed by atoms with Gasteiger partial charge in [-0.15, -0.1) is 11.3 Å². The number of nitrogens with two attached hydrogens (primary N) is 1. The van der Waals surface area contributed by atoms with Crippen molar-refractivity contribution >= 4 is 55.5 Å². The van der Waals surface area contributed by atoms with Gasteiger partial charge < -0.3 is 10.6 Å². The molecule has 1 aliphatic carbocycles. The predicted octanol–water partition coefficient (Wildman–Crippen LogP) is 4.46. The predicted molar refractivity (Wildman–Crippen MR) is 156 cm³/mol. The molecule has 3 N–H and O–H groups in total. The van der Waals surface area contributed by atoms with Crippen LogP contribution < -0.4 is 10.5 Å². The highest BCUT2D eigenvalue weighted by Crippen LogP contribution is 2.38. The number of nitrogen functional groups attached to an aromatic ring is 1. The fraction of sp³-hybridized carbons (Fsp3) is 0.423. The van der Waals surface area contributed by atoms with Gasteiger partial charge in [0.2, 0.25) is 0 Å². The number of halogens is 2. The molecule has 0 amide bonds. The molecular weight excluding hydrogens is 575 g/mol. The zero-order chi connectivity index (χ0) is 28.0. The fourth-order valence-corrected chi connectivity index (χ4v) is 8.24. The minimum Gasteiger partial charge on any atom is -0.383 e. The number of rotatable bonds is 6. The van der Waals surface area contributed by atoms with Gasteiger partial charge in [-0.05, 0) is 57.0 Å². The summed E-state index contributed by atoms with van der Waals surface area (Å²) in [6.45, 7) is 4.40. The van der Waals surface area contributed by atoms with Crippen LogP contribution in [0.25, 0.3) is 22.3 Å². The van der Waals surface area contributed by atoms with Gasteiger partial charge in [0, 0.05) is 37.8 Å². The van der Waals surface area contributed by atoms with Gasteiger partial charge in [-0.3, -0.25) is 9.62 Å². The van der Waals surface area contributed by atoms with E-state index in [9.17, 15) is 8.42 Å². The number of sulfonamides is 1. The lowest BCUT2D eigenvalue weighted by molar-refractivity contribution is 0.0815. The molecule has 2 fully saturated rings. The van der Waals surface area contributed by atoms with Crippen molar-refractivity contribution in [2.24, 2.45) is 0 Å². The molecule has 4 aromatic rings. The summed E-state index contributed by atoms with van der Waals surface area (Å²) in [7, 11) is -1.81. The number of aromatic nitrogens is 4. The molecule has 0 radical (unpaired) electrons. The van der Waals surface area contributed by atoms with E-state index in [1.54, 1.807) is 6.07 Å². The Labute approximate surface area is 241 Å². The zero-order valence-electron chi connectivity index (χ0n) is 21.9. The van der Waals surface area contributed by atoms with Crippen LogP contribution in [-0.2, 0) is 10.0 Å². The van der Waals surface area contributed by atoms with Crippen molar-refractivity contribution in [2.75, 3.05) is 43.7 Å². The van der Waals surface area contributed by atoms with E-state index in [1.165, 1.54) is 30.6 Å². The Balaban J connectivity index is 1.26. The molecule has 4 heterocycles. The molecule has 10 nitrogen and oxygen atoms in total. The molecule has 0 spiro atoms. The highest BCUT2D eigenvalue weighted by Gasteiger charge is 2.31. The Hall–Kier alpha value is -2.84. The summed E-state index contributed by atoms with van der Waals surface area (Å²) in [4.78, 5) is 13.6. The first-order valence-electron chi connectivity index (χ1n) is 13.2. The standard InChI is InChI=1S/C26H30ClFN8O2S2/c1-34-10-12-35(13-11-34)17-3-5-18(6-4-17)36-26-23(25(29)30-15-31-26)24(32-36)16-2-7-20(19(28)14-16)33-40(37,38)22-9-8-21(27)39-22/h2,7-9,14-15,17-18,33H,3-6,10-13H2,1H3,(H2,29,30,31).